The van der Waals surface area contributed by atoms with Gasteiger partial charge in [-0.05, 0) is 45.0 Å². The number of aromatic hydroxyl groups is 1. The minimum Gasteiger partial charge on any atom is -0.508 e. The Balaban J connectivity index is 0.000000343. The van der Waals surface area contributed by atoms with Gasteiger partial charge in [0.25, 0.3) is 0 Å². The number of nitrogens with one attached hydrogen (secondary N) is 1. The molecule has 0 amide bonds. The van der Waals surface area contributed by atoms with Gasteiger partial charge in [-0.25, -0.2) is 0 Å². The number of anilines is 2. The van der Waals surface area contributed by atoms with Crippen molar-refractivity contribution in [3.05, 3.63) is 48.0 Å². The number of hydrogen-bond donors (Lipinski definition) is 3. The van der Waals surface area contributed by atoms with Gasteiger partial charge in [-0.15, -0.1) is 0 Å². The number of phenolic OH excluding ortho intramolecular Hbond substituents is 1. The molecule has 0 spiro atoms. The van der Waals surface area contributed by atoms with Crippen LogP contribution in [0.25, 0.3) is 0 Å². The summed E-state index contributed by atoms with van der Waals surface area (Å²) in [4.78, 5) is 2.26. The second-order valence-electron chi connectivity index (χ2n) is 7.97. The van der Waals surface area contributed by atoms with E-state index in [1.165, 1.54) is 0 Å². The molecule has 0 bridgehead atoms. The number of likely N-dealkylation sites (N-methyl/N-ethyl adjacent to an activating group) is 1. The normalized spacial score (nSPS) is 18.4. The lowest BCUT2D eigenvalue weighted by Gasteiger charge is -2.48. The number of benzene rings is 2. The molecule has 166 valence electrons. The Labute approximate surface area is 175 Å². The van der Waals surface area contributed by atoms with Crippen molar-refractivity contribution >= 4 is 11.4 Å². The Morgan fingerprint density at radius 3 is 2.37 bits per heavy atom. The van der Waals surface area contributed by atoms with Crippen LogP contribution in [-0.2, 0) is 0 Å². The maximum absolute atomic E-state index is 11.1. The van der Waals surface area contributed by atoms with Crippen molar-refractivity contribution in [3.8, 4) is 11.5 Å². The van der Waals surface area contributed by atoms with E-state index in [1.807, 2.05) is 18.2 Å². The van der Waals surface area contributed by atoms with Crippen molar-refractivity contribution in [1.82, 2.24) is 0 Å². The predicted octanol–water partition coefficient (Wildman–Crippen LogP) is 5.10. The SMILES string of the molecule is CC(O)CC(F)(F)F.COc1cc(O)ccc1C1N(C)c2ccccc2NC1(C)C. The molecule has 3 N–H and O–H groups in total. The number of alkyl halides is 3. The second-order valence-corrected chi connectivity index (χ2v) is 7.97. The van der Waals surface area contributed by atoms with Gasteiger partial charge in [0.1, 0.15) is 11.5 Å². The van der Waals surface area contributed by atoms with Crippen molar-refractivity contribution in [3.63, 3.8) is 0 Å². The number of aliphatic hydroxyl groups is 1. The average Bonchev–Trinajstić information content (AvgIpc) is 2.60. The molecule has 2 atom stereocenters. The van der Waals surface area contributed by atoms with Gasteiger partial charge in [0.05, 0.1) is 42.6 Å². The number of ether oxygens (including phenoxy) is 1. The fraction of sp³-hybridized carbons (Fsp3) is 0.455. The largest absolute Gasteiger partial charge is 0.508 e. The number of para-hydroxylation sites is 2. The standard InChI is InChI=1S/C18H22N2O2.C4H7F3O/c1-18(2)17(13-10-9-12(21)11-16(13)22-4)20(3)15-8-6-5-7-14(15)19-18;1-3(8)2-4(5,6)7/h5-11,17,19,21H,1-4H3;3,8H,2H2,1H3. The highest BCUT2D eigenvalue weighted by Crippen LogP contribution is 2.47. The molecular weight excluding hydrogens is 397 g/mol. The van der Waals surface area contributed by atoms with Gasteiger partial charge in [0.2, 0.25) is 0 Å². The lowest BCUT2D eigenvalue weighted by atomic mass is 9.84. The molecule has 2 aromatic carbocycles. The van der Waals surface area contributed by atoms with E-state index in [4.69, 9.17) is 9.84 Å². The molecule has 0 radical (unpaired) electrons. The third kappa shape index (κ3) is 5.72. The summed E-state index contributed by atoms with van der Waals surface area (Å²) >= 11 is 0. The maximum Gasteiger partial charge on any atom is 0.391 e. The Hall–Kier alpha value is -2.61. The molecule has 2 aromatic rings. The summed E-state index contributed by atoms with van der Waals surface area (Å²) in [6.45, 7) is 5.46. The van der Waals surface area contributed by atoms with Crippen LogP contribution < -0.4 is 15.0 Å². The van der Waals surface area contributed by atoms with Gasteiger partial charge in [-0.1, -0.05) is 12.1 Å². The number of fused-ring (bicyclic) bond motifs is 1. The number of methoxy groups -OCH3 is 1. The lowest BCUT2D eigenvalue weighted by Crippen LogP contribution is -2.49. The Bertz CT molecular complexity index is 854. The van der Waals surface area contributed by atoms with Gasteiger partial charge in [0.15, 0.2) is 0 Å². The molecule has 0 aliphatic carbocycles. The van der Waals surface area contributed by atoms with Crippen molar-refractivity contribution in [1.29, 1.82) is 0 Å². The van der Waals surface area contributed by atoms with Crippen LogP contribution >= 0.6 is 0 Å². The molecule has 0 fully saturated rings. The first-order valence-electron chi connectivity index (χ1n) is 9.57. The Kier molecular flexibility index (Phi) is 7.13. The molecule has 30 heavy (non-hydrogen) atoms. The quantitative estimate of drug-likeness (QED) is 0.637. The zero-order chi connectivity index (χ0) is 22.7. The second kappa shape index (κ2) is 9.04. The van der Waals surface area contributed by atoms with Gasteiger partial charge in [-0.2, -0.15) is 13.2 Å². The Morgan fingerprint density at radius 1 is 1.20 bits per heavy atom. The monoisotopic (exact) mass is 426 g/mol. The summed E-state index contributed by atoms with van der Waals surface area (Å²) in [6.07, 6.45) is -6.63. The van der Waals surface area contributed by atoms with Gasteiger partial charge < -0.3 is 25.2 Å². The smallest absolute Gasteiger partial charge is 0.391 e. The zero-order valence-electron chi connectivity index (χ0n) is 17.8. The number of nitrogens with zero attached hydrogens (tertiary/aromatic N) is 1. The first-order valence-corrected chi connectivity index (χ1v) is 9.57. The molecule has 5 nitrogen and oxygen atoms in total. The number of rotatable bonds is 3. The van der Waals surface area contributed by atoms with Crippen LogP contribution in [0.3, 0.4) is 0 Å². The van der Waals surface area contributed by atoms with Crippen molar-refractivity contribution in [2.45, 2.75) is 51.1 Å². The zero-order valence-corrected chi connectivity index (χ0v) is 17.8. The van der Waals surface area contributed by atoms with Crippen LogP contribution in [0.1, 0.15) is 38.8 Å². The summed E-state index contributed by atoms with van der Waals surface area (Å²) in [7, 11) is 3.73. The lowest BCUT2D eigenvalue weighted by molar-refractivity contribution is -0.151. The van der Waals surface area contributed by atoms with Crippen molar-refractivity contribution < 1.29 is 28.1 Å². The molecule has 0 saturated carbocycles. The summed E-state index contributed by atoms with van der Waals surface area (Å²) < 4.78 is 38.9. The molecule has 2 unspecified atom stereocenters. The number of aliphatic hydroxyl groups excluding tert-OH is 1. The summed E-state index contributed by atoms with van der Waals surface area (Å²) in [5.41, 5.74) is 3.15. The highest BCUT2D eigenvalue weighted by Gasteiger charge is 2.40. The first kappa shape index (κ1) is 23.7. The molecule has 1 aliphatic heterocycles. The first-order chi connectivity index (χ1) is 13.9. The summed E-state index contributed by atoms with van der Waals surface area (Å²) in [6, 6.07) is 13.7. The molecule has 1 heterocycles. The molecule has 1 aliphatic rings. The third-order valence-electron chi connectivity index (χ3n) is 4.85. The average molecular weight is 426 g/mol. The van der Waals surface area contributed by atoms with E-state index in [0.29, 0.717) is 5.75 Å². The highest BCUT2D eigenvalue weighted by atomic mass is 19.4. The van der Waals surface area contributed by atoms with Crippen LogP contribution in [0.5, 0.6) is 11.5 Å². The van der Waals surface area contributed by atoms with Crippen LogP contribution in [0, 0.1) is 0 Å². The van der Waals surface area contributed by atoms with Crippen LogP contribution in [0.15, 0.2) is 42.5 Å². The topological polar surface area (TPSA) is 65.0 Å². The molecular formula is C22H29F3N2O3. The molecule has 3 rings (SSSR count). The number of hydrogen-bond acceptors (Lipinski definition) is 5. The maximum atomic E-state index is 11.1. The highest BCUT2D eigenvalue weighted by molar-refractivity contribution is 5.75. The fourth-order valence-electron chi connectivity index (χ4n) is 3.78. The van der Waals surface area contributed by atoms with E-state index in [0.717, 1.165) is 23.9 Å². The fourth-order valence-corrected chi connectivity index (χ4v) is 3.78. The molecule has 0 aromatic heterocycles. The summed E-state index contributed by atoms with van der Waals surface area (Å²) in [5.74, 6) is 0.913. The minimum absolute atomic E-state index is 0.0814. The molecule has 0 saturated heterocycles. The van der Waals surface area contributed by atoms with E-state index in [1.54, 1.807) is 19.2 Å². The third-order valence-corrected chi connectivity index (χ3v) is 4.85. The van der Waals surface area contributed by atoms with Crippen molar-refractivity contribution in [2.24, 2.45) is 0 Å². The molecule has 8 heteroatoms. The van der Waals surface area contributed by atoms with E-state index in [-0.39, 0.29) is 17.3 Å². The van der Waals surface area contributed by atoms with E-state index < -0.39 is 18.7 Å². The summed E-state index contributed by atoms with van der Waals surface area (Å²) in [5, 5.41) is 21.5. The minimum atomic E-state index is -4.23. The van der Waals surface area contributed by atoms with Crippen LogP contribution in [-0.4, -0.2) is 42.2 Å². The van der Waals surface area contributed by atoms with Crippen molar-refractivity contribution in [2.75, 3.05) is 24.4 Å². The van der Waals surface area contributed by atoms with Gasteiger partial charge in [-0.3, -0.25) is 0 Å². The number of halogens is 3. The van der Waals surface area contributed by atoms with Gasteiger partial charge >= 0.3 is 6.18 Å². The van der Waals surface area contributed by atoms with Crippen LogP contribution in [0.2, 0.25) is 0 Å². The van der Waals surface area contributed by atoms with Gasteiger partial charge in [0, 0.05) is 18.7 Å². The van der Waals surface area contributed by atoms with Crippen LogP contribution in [0.4, 0.5) is 24.5 Å². The van der Waals surface area contributed by atoms with E-state index >= 15 is 0 Å². The van der Waals surface area contributed by atoms with E-state index in [2.05, 4.69) is 43.2 Å². The predicted molar refractivity (Wildman–Crippen MR) is 112 cm³/mol. The Morgan fingerprint density at radius 2 is 1.83 bits per heavy atom. The van der Waals surface area contributed by atoms with E-state index in [9.17, 15) is 18.3 Å². The number of phenols is 1.